The molecule has 0 spiro atoms. The fraction of sp³-hybridized carbons (Fsp3) is 0.143. The van der Waals surface area contributed by atoms with Gasteiger partial charge in [-0.1, -0.05) is 30.3 Å². The summed E-state index contributed by atoms with van der Waals surface area (Å²) < 4.78 is 0. The van der Waals surface area contributed by atoms with E-state index in [-0.39, 0.29) is 5.92 Å². The van der Waals surface area contributed by atoms with Gasteiger partial charge in [-0.05, 0) is 58.5 Å². The monoisotopic (exact) mass is 330 g/mol. The van der Waals surface area contributed by atoms with Crippen molar-refractivity contribution in [1.29, 1.82) is 0 Å². The third kappa shape index (κ3) is 2.71. The SMILES string of the molecule is NC(=O)c1ccc(-c2ccncc2)c([C@@H]2c3ccccc3C[C@H]2O)c1. The van der Waals surface area contributed by atoms with Crippen molar-refractivity contribution in [2.75, 3.05) is 0 Å². The maximum atomic E-state index is 11.7. The molecule has 4 rings (SSSR count). The van der Waals surface area contributed by atoms with Crippen molar-refractivity contribution < 1.29 is 9.90 Å². The maximum absolute atomic E-state index is 11.7. The molecule has 1 aliphatic carbocycles. The third-order valence-corrected chi connectivity index (χ3v) is 4.87. The van der Waals surface area contributed by atoms with Gasteiger partial charge in [0.25, 0.3) is 0 Å². The number of hydrogen-bond donors (Lipinski definition) is 2. The molecule has 124 valence electrons. The molecule has 1 heterocycles. The molecule has 3 aromatic rings. The Morgan fingerprint density at radius 2 is 1.80 bits per heavy atom. The van der Waals surface area contributed by atoms with Gasteiger partial charge in [0.05, 0.1) is 6.10 Å². The van der Waals surface area contributed by atoms with Crippen LogP contribution in [0.3, 0.4) is 0 Å². The molecule has 0 fully saturated rings. The number of pyridine rings is 1. The number of amides is 1. The second-order valence-corrected chi connectivity index (χ2v) is 6.35. The Morgan fingerprint density at radius 1 is 1.04 bits per heavy atom. The summed E-state index contributed by atoms with van der Waals surface area (Å²) in [6.45, 7) is 0. The molecule has 25 heavy (non-hydrogen) atoms. The zero-order chi connectivity index (χ0) is 17.4. The molecule has 0 unspecified atom stereocenters. The van der Waals surface area contributed by atoms with E-state index in [2.05, 4.69) is 4.98 Å². The first kappa shape index (κ1) is 15.5. The van der Waals surface area contributed by atoms with Gasteiger partial charge in [0.1, 0.15) is 0 Å². The molecule has 4 heteroatoms. The molecule has 0 radical (unpaired) electrons. The van der Waals surface area contributed by atoms with Crippen LogP contribution in [0.15, 0.2) is 67.0 Å². The lowest BCUT2D eigenvalue weighted by Crippen LogP contribution is -2.17. The fourth-order valence-corrected chi connectivity index (χ4v) is 3.72. The first-order valence-electron chi connectivity index (χ1n) is 8.25. The number of rotatable bonds is 3. The Balaban J connectivity index is 1.93. The van der Waals surface area contributed by atoms with Crippen LogP contribution in [0.4, 0.5) is 0 Å². The van der Waals surface area contributed by atoms with Crippen molar-refractivity contribution in [3.63, 3.8) is 0 Å². The highest BCUT2D eigenvalue weighted by molar-refractivity contribution is 5.94. The number of aliphatic hydroxyl groups is 1. The molecular formula is C21H18N2O2. The lowest BCUT2D eigenvalue weighted by Gasteiger charge is -2.21. The average molecular weight is 330 g/mol. The lowest BCUT2D eigenvalue weighted by molar-refractivity contribution is 0.1000. The maximum Gasteiger partial charge on any atom is 0.248 e. The number of nitrogens with two attached hydrogens (primary N) is 1. The number of hydrogen-bond acceptors (Lipinski definition) is 3. The van der Waals surface area contributed by atoms with Gasteiger partial charge in [-0.15, -0.1) is 0 Å². The summed E-state index contributed by atoms with van der Waals surface area (Å²) in [5, 5.41) is 10.7. The van der Waals surface area contributed by atoms with Crippen LogP contribution >= 0.6 is 0 Å². The second-order valence-electron chi connectivity index (χ2n) is 6.35. The predicted octanol–water partition coefficient (Wildman–Crippen LogP) is 2.90. The molecule has 1 aromatic heterocycles. The van der Waals surface area contributed by atoms with Crippen molar-refractivity contribution in [3.8, 4) is 11.1 Å². The Kier molecular flexibility index (Phi) is 3.82. The van der Waals surface area contributed by atoms with E-state index < -0.39 is 12.0 Å². The third-order valence-electron chi connectivity index (χ3n) is 4.87. The van der Waals surface area contributed by atoms with Crippen LogP contribution in [0.2, 0.25) is 0 Å². The van der Waals surface area contributed by atoms with E-state index >= 15 is 0 Å². The minimum Gasteiger partial charge on any atom is -0.392 e. The van der Waals surface area contributed by atoms with Crippen LogP contribution in [0, 0.1) is 0 Å². The van der Waals surface area contributed by atoms with Gasteiger partial charge in [-0.25, -0.2) is 0 Å². The highest BCUT2D eigenvalue weighted by Gasteiger charge is 2.33. The number of fused-ring (bicyclic) bond motifs is 1. The van der Waals surface area contributed by atoms with Crippen molar-refractivity contribution in [1.82, 2.24) is 4.98 Å². The minimum absolute atomic E-state index is 0.182. The number of aliphatic hydroxyl groups excluding tert-OH is 1. The van der Waals surface area contributed by atoms with Gasteiger partial charge >= 0.3 is 0 Å². The topological polar surface area (TPSA) is 76.2 Å². The van der Waals surface area contributed by atoms with Gasteiger partial charge in [-0.2, -0.15) is 0 Å². The first-order chi connectivity index (χ1) is 12.1. The number of carbonyl (C=O) groups is 1. The van der Waals surface area contributed by atoms with Crippen molar-refractivity contribution in [3.05, 3.63) is 89.2 Å². The molecule has 4 nitrogen and oxygen atoms in total. The molecule has 1 aliphatic rings. The summed E-state index contributed by atoms with van der Waals surface area (Å²) in [6.07, 6.45) is 3.55. The quantitative estimate of drug-likeness (QED) is 0.775. The zero-order valence-corrected chi connectivity index (χ0v) is 13.6. The molecule has 0 saturated carbocycles. The van der Waals surface area contributed by atoms with E-state index in [1.54, 1.807) is 18.5 Å². The normalized spacial score (nSPS) is 18.8. The molecule has 0 bridgehead atoms. The zero-order valence-electron chi connectivity index (χ0n) is 13.6. The van der Waals surface area contributed by atoms with Crippen LogP contribution in [0.25, 0.3) is 11.1 Å². The number of aromatic nitrogens is 1. The molecule has 0 aliphatic heterocycles. The van der Waals surface area contributed by atoms with E-state index in [0.717, 1.165) is 27.8 Å². The largest absolute Gasteiger partial charge is 0.392 e. The van der Waals surface area contributed by atoms with Crippen molar-refractivity contribution >= 4 is 5.91 Å². The van der Waals surface area contributed by atoms with Crippen LogP contribution in [0.5, 0.6) is 0 Å². The summed E-state index contributed by atoms with van der Waals surface area (Å²) >= 11 is 0. The molecule has 2 aromatic carbocycles. The second kappa shape index (κ2) is 6.15. The summed E-state index contributed by atoms with van der Waals surface area (Å²) in [6, 6.07) is 17.4. The molecule has 3 N–H and O–H groups in total. The number of nitrogens with zero attached hydrogens (tertiary/aromatic N) is 1. The summed E-state index contributed by atoms with van der Waals surface area (Å²) in [5.74, 6) is -0.651. The number of benzene rings is 2. The Labute approximate surface area is 146 Å². The van der Waals surface area contributed by atoms with Gasteiger partial charge in [0, 0.05) is 23.9 Å². The number of primary amides is 1. The van der Waals surface area contributed by atoms with Crippen LogP contribution in [-0.2, 0) is 6.42 Å². The van der Waals surface area contributed by atoms with Crippen LogP contribution in [0.1, 0.15) is 33.0 Å². The summed E-state index contributed by atoms with van der Waals surface area (Å²) in [4.78, 5) is 15.8. The van der Waals surface area contributed by atoms with Crippen LogP contribution < -0.4 is 5.73 Å². The highest BCUT2D eigenvalue weighted by Crippen LogP contribution is 2.42. The smallest absolute Gasteiger partial charge is 0.248 e. The van der Waals surface area contributed by atoms with E-state index in [0.29, 0.717) is 12.0 Å². The van der Waals surface area contributed by atoms with E-state index in [4.69, 9.17) is 5.73 Å². The predicted molar refractivity (Wildman–Crippen MR) is 96.2 cm³/mol. The van der Waals surface area contributed by atoms with E-state index in [1.807, 2.05) is 48.5 Å². The van der Waals surface area contributed by atoms with Gasteiger partial charge in [0.15, 0.2) is 0 Å². The van der Waals surface area contributed by atoms with Crippen LogP contribution in [-0.4, -0.2) is 22.1 Å². The van der Waals surface area contributed by atoms with Crippen molar-refractivity contribution in [2.24, 2.45) is 5.73 Å². The van der Waals surface area contributed by atoms with E-state index in [1.165, 1.54) is 0 Å². The van der Waals surface area contributed by atoms with Gasteiger partial charge in [0.2, 0.25) is 5.91 Å². The summed E-state index contributed by atoms with van der Waals surface area (Å²) in [7, 11) is 0. The Bertz CT molecular complexity index is 938. The van der Waals surface area contributed by atoms with Gasteiger partial charge in [-0.3, -0.25) is 9.78 Å². The molecule has 1 amide bonds. The standard InChI is InChI=1S/C21H18N2O2/c22-21(25)15-5-6-16(13-7-9-23-10-8-13)18(11-15)20-17-4-2-1-3-14(17)12-19(20)24/h1-11,19-20,24H,12H2,(H2,22,25)/t19-,20+/m1/s1. The molecule has 0 saturated heterocycles. The lowest BCUT2D eigenvalue weighted by atomic mass is 9.85. The van der Waals surface area contributed by atoms with E-state index in [9.17, 15) is 9.90 Å². The Morgan fingerprint density at radius 3 is 2.56 bits per heavy atom. The highest BCUT2D eigenvalue weighted by atomic mass is 16.3. The Hall–Kier alpha value is -2.98. The summed E-state index contributed by atoms with van der Waals surface area (Å²) in [5.41, 5.74) is 11.1. The minimum atomic E-state index is -0.527. The molecule has 2 atom stereocenters. The average Bonchev–Trinajstić information content (AvgIpc) is 2.97. The first-order valence-corrected chi connectivity index (χ1v) is 8.25. The van der Waals surface area contributed by atoms with Crippen molar-refractivity contribution in [2.45, 2.75) is 18.4 Å². The number of carbonyl (C=O) groups excluding carboxylic acids is 1. The van der Waals surface area contributed by atoms with Gasteiger partial charge < -0.3 is 10.8 Å². The fourth-order valence-electron chi connectivity index (χ4n) is 3.72. The molecular weight excluding hydrogens is 312 g/mol.